The zero-order chi connectivity index (χ0) is 23.9. The van der Waals surface area contributed by atoms with Gasteiger partial charge in [-0.25, -0.2) is 8.78 Å². The Labute approximate surface area is 205 Å². The van der Waals surface area contributed by atoms with Crippen molar-refractivity contribution in [2.75, 3.05) is 13.7 Å². The van der Waals surface area contributed by atoms with Crippen molar-refractivity contribution in [2.45, 2.75) is 95.8 Å². The number of hydrogen-bond acceptors (Lipinski definition) is 1. The Balaban J connectivity index is 1.38. The second-order valence-electron chi connectivity index (χ2n) is 10.9. The van der Waals surface area contributed by atoms with Gasteiger partial charge in [-0.2, -0.15) is 0 Å². The molecule has 0 aromatic heterocycles. The Bertz CT molecular complexity index is 908. The van der Waals surface area contributed by atoms with Gasteiger partial charge in [0, 0.05) is 24.8 Å². The first-order valence-corrected chi connectivity index (χ1v) is 13.7. The monoisotopic (exact) mass is 468 g/mol. The molecule has 2 aliphatic carbocycles. The highest BCUT2D eigenvalue weighted by molar-refractivity contribution is 5.66. The average molecular weight is 469 g/mol. The first kappa shape index (κ1) is 25.4. The third-order valence-corrected chi connectivity index (χ3v) is 8.53. The van der Waals surface area contributed by atoms with Crippen molar-refractivity contribution in [3.05, 3.63) is 59.2 Å². The summed E-state index contributed by atoms with van der Waals surface area (Å²) in [5, 5.41) is 0. The third-order valence-electron chi connectivity index (χ3n) is 8.53. The van der Waals surface area contributed by atoms with E-state index in [1.54, 1.807) is 31.4 Å². The number of unbranched alkanes of at least 4 members (excludes halogenated alkanes) is 2. The molecule has 0 aliphatic heterocycles. The molecule has 0 heterocycles. The van der Waals surface area contributed by atoms with E-state index in [4.69, 9.17) is 4.74 Å². The zero-order valence-corrected chi connectivity index (χ0v) is 21.1. The van der Waals surface area contributed by atoms with Crippen LogP contribution in [0, 0.1) is 23.5 Å². The van der Waals surface area contributed by atoms with Crippen molar-refractivity contribution in [1.29, 1.82) is 0 Å². The molecule has 0 unspecified atom stereocenters. The Hall–Kier alpha value is -1.74. The third kappa shape index (κ3) is 6.27. The molecule has 0 saturated heterocycles. The van der Waals surface area contributed by atoms with E-state index in [1.807, 2.05) is 12.1 Å². The fourth-order valence-electron chi connectivity index (χ4n) is 6.37. The van der Waals surface area contributed by atoms with Gasteiger partial charge >= 0.3 is 0 Å². The highest BCUT2D eigenvalue weighted by Crippen LogP contribution is 2.40. The molecular weight excluding hydrogens is 426 g/mol. The summed E-state index contributed by atoms with van der Waals surface area (Å²) in [6.45, 7) is 3.07. The maximum atomic E-state index is 15.1. The van der Waals surface area contributed by atoms with Gasteiger partial charge in [-0.05, 0) is 98.3 Å². The lowest BCUT2D eigenvalue weighted by Crippen LogP contribution is -2.17. The quantitative estimate of drug-likeness (QED) is 0.333. The maximum Gasteiger partial charge on any atom is 0.131 e. The number of rotatable bonds is 9. The minimum atomic E-state index is -0.309. The van der Waals surface area contributed by atoms with Gasteiger partial charge in [-0.15, -0.1) is 0 Å². The molecule has 1 nitrogen and oxygen atoms in total. The van der Waals surface area contributed by atoms with E-state index in [9.17, 15) is 0 Å². The number of methoxy groups -OCH3 is 1. The van der Waals surface area contributed by atoms with E-state index < -0.39 is 0 Å². The van der Waals surface area contributed by atoms with Crippen LogP contribution in [0.15, 0.2) is 36.4 Å². The molecule has 0 bridgehead atoms. The number of benzene rings is 2. The number of hydrogen-bond donors (Lipinski definition) is 0. The summed E-state index contributed by atoms with van der Waals surface area (Å²) in [4.78, 5) is 0. The second-order valence-corrected chi connectivity index (χ2v) is 10.9. The number of ether oxygens (including phenoxy) is 1. The van der Waals surface area contributed by atoms with Crippen LogP contribution in [0.3, 0.4) is 0 Å². The van der Waals surface area contributed by atoms with Crippen molar-refractivity contribution in [1.82, 2.24) is 0 Å². The standard InChI is InChI=1S/C31H42F2O/c1-3-4-5-6-22-7-11-24(12-8-22)26-15-17-28(30(32)19-26)29-18-16-27(20-31(29)33)25-13-9-23(10-14-25)21-34-2/h15-20,22-25H,3-14,21H2,1-2H3. The van der Waals surface area contributed by atoms with E-state index in [1.165, 1.54) is 38.5 Å². The Kier molecular flexibility index (Phi) is 9.17. The molecule has 0 N–H and O–H groups in total. The van der Waals surface area contributed by atoms with E-state index in [2.05, 4.69) is 6.92 Å². The molecule has 2 saturated carbocycles. The Morgan fingerprint density at radius 3 is 1.65 bits per heavy atom. The highest BCUT2D eigenvalue weighted by atomic mass is 19.1. The van der Waals surface area contributed by atoms with Gasteiger partial charge in [0.15, 0.2) is 0 Å². The molecule has 2 aromatic carbocycles. The van der Waals surface area contributed by atoms with Crippen LogP contribution in [-0.4, -0.2) is 13.7 Å². The summed E-state index contributed by atoms with van der Waals surface area (Å²) in [5.41, 5.74) is 2.88. The van der Waals surface area contributed by atoms with E-state index >= 15 is 8.78 Å². The molecule has 2 aliphatic rings. The van der Waals surface area contributed by atoms with E-state index in [-0.39, 0.29) is 11.6 Å². The normalized spacial score (nSPS) is 25.4. The topological polar surface area (TPSA) is 9.23 Å². The molecule has 2 aromatic rings. The fraction of sp³-hybridized carbons (Fsp3) is 0.613. The summed E-state index contributed by atoms with van der Waals surface area (Å²) in [5.74, 6) is 1.68. The average Bonchev–Trinajstić information content (AvgIpc) is 2.86. The minimum absolute atomic E-state index is 0.297. The van der Waals surface area contributed by atoms with Crippen LogP contribution >= 0.6 is 0 Å². The van der Waals surface area contributed by atoms with Crippen LogP contribution in [0.4, 0.5) is 8.78 Å². The molecule has 34 heavy (non-hydrogen) atoms. The van der Waals surface area contributed by atoms with Crippen LogP contribution in [0.2, 0.25) is 0 Å². The van der Waals surface area contributed by atoms with E-state index in [0.717, 1.165) is 62.2 Å². The summed E-state index contributed by atoms with van der Waals surface area (Å²) in [7, 11) is 1.76. The summed E-state index contributed by atoms with van der Waals surface area (Å²) >= 11 is 0. The van der Waals surface area contributed by atoms with Crippen LogP contribution in [-0.2, 0) is 4.74 Å². The predicted molar refractivity (Wildman–Crippen MR) is 137 cm³/mol. The van der Waals surface area contributed by atoms with Gasteiger partial charge in [-0.3, -0.25) is 0 Å². The van der Waals surface area contributed by atoms with Gasteiger partial charge in [0.2, 0.25) is 0 Å². The number of halogens is 2. The second kappa shape index (κ2) is 12.3. The molecule has 0 amide bonds. The SMILES string of the molecule is CCCCCC1CCC(c2ccc(-c3ccc(C4CCC(COC)CC4)cc3F)c(F)c2)CC1. The highest BCUT2D eigenvalue weighted by Gasteiger charge is 2.25. The van der Waals surface area contributed by atoms with Crippen molar-refractivity contribution < 1.29 is 13.5 Å². The maximum absolute atomic E-state index is 15.1. The Morgan fingerprint density at radius 2 is 1.21 bits per heavy atom. The molecule has 0 spiro atoms. The van der Waals surface area contributed by atoms with Crippen molar-refractivity contribution >= 4 is 0 Å². The predicted octanol–water partition coefficient (Wildman–Crippen LogP) is 9.41. The van der Waals surface area contributed by atoms with Gasteiger partial charge in [-0.1, -0.05) is 56.9 Å². The fourth-order valence-corrected chi connectivity index (χ4v) is 6.37. The van der Waals surface area contributed by atoms with Gasteiger partial charge < -0.3 is 4.74 Å². The molecule has 2 fully saturated rings. The van der Waals surface area contributed by atoms with Gasteiger partial charge in [0.05, 0.1) is 0 Å². The lowest BCUT2D eigenvalue weighted by Gasteiger charge is -2.29. The zero-order valence-electron chi connectivity index (χ0n) is 21.1. The van der Waals surface area contributed by atoms with Gasteiger partial charge in [0.1, 0.15) is 11.6 Å². The van der Waals surface area contributed by atoms with E-state index in [0.29, 0.717) is 28.9 Å². The summed E-state index contributed by atoms with van der Waals surface area (Å²) in [6.07, 6.45) is 14.5. The summed E-state index contributed by atoms with van der Waals surface area (Å²) in [6, 6.07) is 10.9. The van der Waals surface area contributed by atoms with Crippen molar-refractivity contribution in [2.24, 2.45) is 11.8 Å². The van der Waals surface area contributed by atoms with Crippen molar-refractivity contribution in [3.8, 4) is 11.1 Å². The molecular formula is C31H42F2O. The molecule has 0 radical (unpaired) electrons. The van der Waals surface area contributed by atoms with Gasteiger partial charge in [0.25, 0.3) is 0 Å². The van der Waals surface area contributed by atoms with Crippen LogP contribution in [0.1, 0.15) is 107 Å². The largest absolute Gasteiger partial charge is 0.384 e. The molecule has 3 heteroatoms. The first-order chi connectivity index (χ1) is 16.6. The van der Waals surface area contributed by atoms with Crippen LogP contribution < -0.4 is 0 Å². The summed E-state index contributed by atoms with van der Waals surface area (Å²) < 4.78 is 35.5. The minimum Gasteiger partial charge on any atom is -0.384 e. The molecule has 186 valence electrons. The Morgan fingerprint density at radius 1 is 0.706 bits per heavy atom. The molecule has 4 rings (SSSR count). The first-order valence-electron chi connectivity index (χ1n) is 13.7. The lowest BCUT2D eigenvalue weighted by atomic mass is 9.76. The lowest BCUT2D eigenvalue weighted by molar-refractivity contribution is 0.127. The van der Waals surface area contributed by atoms with Crippen molar-refractivity contribution in [3.63, 3.8) is 0 Å². The molecule has 0 atom stereocenters. The van der Waals surface area contributed by atoms with Crippen LogP contribution in [0.5, 0.6) is 0 Å². The smallest absolute Gasteiger partial charge is 0.131 e. The van der Waals surface area contributed by atoms with Crippen LogP contribution in [0.25, 0.3) is 11.1 Å².